The number of nitrogens with one attached hydrogen (secondary N) is 1. The molecule has 0 aliphatic heterocycles. The summed E-state index contributed by atoms with van der Waals surface area (Å²) in [7, 11) is 0. The van der Waals surface area contributed by atoms with Crippen LogP contribution in [0.1, 0.15) is 12.8 Å². The van der Waals surface area contributed by atoms with Gasteiger partial charge in [0.2, 0.25) is 5.91 Å². The zero-order chi connectivity index (χ0) is 17.6. The number of aromatic hydroxyl groups is 1. The second kappa shape index (κ2) is 7.57. The number of nitrogens with two attached hydrogens (primary N) is 1. The van der Waals surface area contributed by atoms with Gasteiger partial charge in [-0.3, -0.25) is 4.79 Å². The number of hydrogen-bond donors (Lipinski definition) is 3. The molecule has 3 aromatic carbocycles. The van der Waals surface area contributed by atoms with Gasteiger partial charge in [0.25, 0.3) is 0 Å². The van der Waals surface area contributed by atoms with Gasteiger partial charge in [-0.05, 0) is 30.7 Å². The van der Waals surface area contributed by atoms with Gasteiger partial charge in [-0.1, -0.05) is 36.4 Å². The molecule has 0 saturated heterocycles. The third-order valence-corrected chi connectivity index (χ3v) is 3.90. The summed E-state index contributed by atoms with van der Waals surface area (Å²) in [5.74, 6) is 0.732. The highest BCUT2D eigenvalue weighted by Gasteiger charge is 2.08. The van der Waals surface area contributed by atoms with E-state index in [0.717, 1.165) is 5.39 Å². The summed E-state index contributed by atoms with van der Waals surface area (Å²) < 4.78 is 5.59. The van der Waals surface area contributed by atoms with E-state index >= 15 is 0 Å². The molecule has 0 saturated carbocycles. The molecule has 3 aromatic rings. The van der Waals surface area contributed by atoms with Crippen molar-refractivity contribution in [2.24, 2.45) is 0 Å². The molecule has 128 valence electrons. The third-order valence-electron chi connectivity index (χ3n) is 3.90. The molecule has 5 nitrogen and oxygen atoms in total. The topological polar surface area (TPSA) is 84.6 Å². The van der Waals surface area contributed by atoms with Crippen LogP contribution in [0.25, 0.3) is 10.8 Å². The number of nitrogen functional groups attached to an aromatic ring is 1. The van der Waals surface area contributed by atoms with Crippen LogP contribution in [-0.4, -0.2) is 17.6 Å². The molecule has 0 bridgehead atoms. The summed E-state index contributed by atoms with van der Waals surface area (Å²) in [6, 6.07) is 18.0. The van der Waals surface area contributed by atoms with E-state index in [-0.39, 0.29) is 11.7 Å². The van der Waals surface area contributed by atoms with E-state index in [1.807, 2.05) is 30.3 Å². The largest absolute Gasteiger partial charge is 0.507 e. The molecular weight excluding hydrogens is 316 g/mol. The van der Waals surface area contributed by atoms with E-state index in [9.17, 15) is 9.90 Å². The average Bonchev–Trinajstić information content (AvgIpc) is 2.61. The number of rotatable bonds is 6. The van der Waals surface area contributed by atoms with Crippen LogP contribution in [0, 0.1) is 0 Å². The van der Waals surface area contributed by atoms with Gasteiger partial charge in [0, 0.05) is 22.9 Å². The van der Waals surface area contributed by atoms with Crippen molar-refractivity contribution in [3.63, 3.8) is 0 Å². The fraction of sp³-hybridized carbons (Fsp3) is 0.150. The maximum Gasteiger partial charge on any atom is 0.224 e. The van der Waals surface area contributed by atoms with Crippen LogP contribution in [0.15, 0.2) is 60.7 Å². The quantitative estimate of drug-likeness (QED) is 0.470. The average molecular weight is 336 g/mol. The lowest BCUT2D eigenvalue weighted by molar-refractivity contribution is -0.116. The van der Waals surface area contributed by atoms with E-state index < -0.39 is 0 Å². The Kier molecular flexibility index (Phi) is 5.04. The second-order valence-corrected chi connectivity index (χ2v) is 5.72. The van der Waals surface area contributed by atoms with E-state index in [1.165, 1.54) is 0 Å². The standard InChI is InChI=1S/C20H20N2O3/c21-16-8-1-2-11-19(16)25-13-5-12-20(24)22-17-9-3-7-15-14(17)6-4-10-18(15)23/h1-4,6-11,23H,5,12-13,21H2,(H,22,24). The number of anilines is 2. The SMILES string of the molecule is Nc1ccccc1OCCCC(=O)Nc1cccc2c(O)cccc12. The van der Waals surface area contributed by atoms with Gasteiger partial charge in [0.05, 0.1) is 12.3 Å². The molecule has 0 heterocycles. The summed E-state index contributed by atoms with van der Waals surface area (Å²) in [4.78, 5) is 12.2. The molecule has 0 aromatic heterocycles. The minimum absolute atomic E-state index is 0.0968. The predicted octanol–water partition coefficient (Wildman–Crippen LogP) is 3.93. The van der Waals surface area contributed by atoms with E-state index in [1.54, 1.807) is 30.3 Å². The number of phenols is 1. The second-order valence-electron chi connectivity index (χ2n) is 5.72. The zero-order valence-corrected chi connectivity index (χ0v) is 13.7. The highest BCUT2D eigenvalue weighted by atomic mass is 16.5. The summed E-state index contributed by atoms with van der Waals surface area (Å²) >= 11 is 0. The summed E-state index contributed by atoms with van der Waals surface area (Å²) in [5, 5.41) is 14.3. The Morgan fingerprint density at radius 2 is 1.76 bits per heavy atom. The summed E-state index contributed by atoms with van der Waals surface area (Å²) in [6.07, 6.45) is 0.915. The first-order chi connectivity index (χ1) is 12.1. The van der Waals surface area contributed by atoms with Crippen molar-refractivity contribution in [3.8, 4) is 11.5 Å². The normalized spacial score (nSPS) is 10.6. The van der Waals surface area contributed by atoms with Crippen LogP contribution >= 0.6 is 0 Å². The number of ether oxygens (including phenoxy) is 1. The van der Waals surface area contributed by atoms with E-state index in [0.29, 0.717) is 42.0 Å². The smallest absolute Gasteiger partial charge is 0.224 e. The van der Waals surface area contributed by atoms with Crippen LogP contribution in [0.5, 0.6) is 11.5 Å². The maximum absolute atomic E-state index is 12.2. The van der Waals surface area contributed by atoms with Gasteiger partial charge >= 0.3 is 0 Å². The number of phenolic OH excluding ortho intramolecular Hbond substituents is 1. The molecule has 1 amide bonds. The van der Waals surface area contributed by atoms with Crippen molar-refractivity contribution >= 4 is 28.1 Å². The van der Waals surface area contributed by atoms with Crippen molar-refractivity contribution in [1.82, 2.24) is 0 Å². The number of amides is 1. The Labute approximate surface area is 146 Å². The van der Waals surface area contributed by atoms with Crippen LogP contribution in [-0.2, 0) is 4.79 Å². The summed E-state index contributed by atoms with van der Waals surface area (Å²) in [6.45, 7) is 0.415. The first kappa shape index (κ1) is 16.6. The molecule has 0 unspecified atom stereocenters. The highest BCUT2D eigenvalue weighted by Crippen LogP contribution is 2.29. The molecular formula is C20H20N2O3. The number of benzene rings is 3. The van der Waals surface area contributed by atoms with Crippen molar-refractivity contribution in [1.29, 1.82) is 0 Å². The number of carbonyl (C=O) groups excluding carboxylic acids is 1. The van der Waals surface area contributed by atoms with Gasteiger partial charge in [-0.2, -0.15) is 0 Å². The molecule has 0 atom stereocenters. The molecule has 0 spiro atoms. The fourth-order valence-corrected chi connectivity index (χ4v) is 2.64. The van der Waals surface area contributed by atoms with Crippen molar-refractivity contribution in [2.75, 3.05) is 17.7 Å². The molecule has 0 fully saturated rings. The summed E-state index contributed by atoms with van der Waals surface area (Å²) in [5.41, 5.74) is 7.08. The van der Waals surface area contributed by atoms with Crippen LogP contribution in [0.2, 0.25) is 0 Å². The fourth-order valence-electron chi connectivity index (χ4n) is 2.64. The molecule has 3 rings (SSSR count). The lowest BCUT2D eigenvalue weighted by atomic mass is 10.1. The van der Waals surface area contributed by atoms with Crippen molar-refractivity contribution in [3.05, 3.63) is 60.7 Å². The van der Waals surface area contributed by atoms with Crippen LogP contribution < -0.4 is 15.8 Å². The Morgan fingerprint density at radius 3 is 2.60 bits per heavy atom. The lowest BCUT2D eigenvalue weighted by Gasteiger charge is -2.10. The van der Waals surface area contributed by atoms with Crippen LogP contribution in [0.3, 0.4) is 0 Å². The molecule has 4 N–H and O–H groups in total. The van der Waals surface area contributed by atoms with E-state index in [2.05, 4.69) is 5.32 Å². The Morgan fingerprint density at radius 1 is 1.00 bits per heavy atom. The molecule has 0 radical (unpaired) electrons. The van der Waals surface area contributed by atoms with Gasteiger partial charge in [-0.25, -0.2) is 0 Å². The minimum Gasteiger partial charge on any atom is -0.507 e. The van der Waals surface area contributed by atoms with Gasteiger partial charge < -0.3 is 20.9 Å². The van der Waals surface area contributed by atoms with Gasteiger partial charge in [-0.15, -0.1) is 0 Å². The Hall–Kier alpha value is -3.21. The Bertz CT molecular complexity index is 893. The maximum atomic E-state index is 12.2. The first-order valence-electron chi connectivity index (χ1n) is 8.13. The van der Waals surface area contributed by atoms with Crippen molar-refractivity contribution < 1.29 is 14.6 Å². The third kappa shape index (κ3) is 4.01. The van der Waals surface area contributed by atoms with Crippen LogP contribution in [0.4, 0.5) is 11.4 Å². The van der Waals surface area contributed by atoms with Gasteiger partial charge in [0.15, 0.2) is 0 Å². The molecule has 5 heteroatoms. The molecule has 25 heavy (non-hydrogen) atoms. The first-order valence-corrected chi connectivity index (χ1v) is 8.13. The Balaban J connectivity index is 1.55. The zero-order valence-electron chi connectivity index (χ0n) is 13.7. The number of hydrogen-bond acceptors (Lipinski definition) is 4. The predicted molar refractivity (Wildman–Crippen MR) is 99.8 cm³/mol. The number of fused-ring (bicyclic) bond motifs is 1. The minimum atomic E-state index is -0.0968. The molecule has 0 aliphatic carbocycles. The number of carbonyl (C=O) groups is 1. The van der Waals surface area contributed by atoms with Gasteiger partial charge in [0.1, 0.15) is 11.5 Å². The molecule has 0 aliphatic rings. The number of para-hydroxylation sites is 2. The van der Waals surface area contributed by atoms with E-state index in [4.69, 9.17) is 10.5 Å². The highest BCUT2D eigenvalue weighted by molar-refractivity contribution is 6.03. The lowest BCUT2D eigenvalue weighted by Crippen LogP contribution is -2.13. The van der Waals surface area contributed by atoms with Crippen molar-refractivity contribution in [2.45, 2.75) is 12.8 Å². The monoisotopic (exact) mass is 336 g/mol.